The van der Waals surface area contributed by atoms with Crippen LogP contribution >= 0.6 is 12.4 Å². The standard InChI is InChI=1S/C16H20N4O.ClH/c21-16(15-2-1-7-18-15)19-10-13-3-5-14(6-4-13)11-20-9-8-17-12-20;/h3-6,8-9,12,15,18H,1-2,7,10-11H2,(H,19,21);1H. The topological polar surface area (TPSA) is 59.0 Å². The number of benzene rings is 1. The zero-order chi connectivity index (χ0) is 14.5. The fourth-order valence-electron chi connectivity index (χ4n) is 2.57. The first-order chi connectivity index (χ1) is 10.3. The van der Waals surface area contributed by atoms with Gasteiger partial charge in [0.25, 0.3) is 0 Å². The van der Waals surface area contributed by atoms with E-state index in [0.717, 1.165) is 31.5 Å². The van der Waals surface area contributed by atoms with Gasteiger partial charge in [0.05, 0.1) is 12.4 Å². The maximum Gasteiger partial charge on any atom is 0.237 e. The largest absolute Gasteiger partial charge is 0.351 e. The quantitative estimate of drug-likeness (QED) is 0.882. The minimum atomic E-state index is -0.00878. The number of hydrogen-bond donors (Lipinski definition) is 2. The molecule has 1 fully saturated rings. The van der Waals surface area contributed by atoms with Crippen LogP contribution in [0.4, 0.5) is 0 Å². The zero-order valence-electron chi connectivity index (χ0n) is 12.4. The number of imidazole rings is 1. The van der Waals surface area contributed by atoms with Crippen molar-refractivity contribution in [2.75, 3.05) is 6.54 Å². The molecule has 0 radical (unpaired) electrons. The van der Waals surface area contributed by atoms with E-state index >= 15 is 0 Å². The summed E-state index contributed by atoms with van der Waals surface area (Å²) in [6.45, 7) is 2.35. The molecule has 1 aliphatic rings. The second kappa shape index (κ2) is 7.96. The third-order valence-corrected chi connectivity index (χ3v) is 3.79. The molecular weight excluding hydrogens is 300 g/mol. The van der Waals surface area contributed by atoms with Gasteiger partial charge in [-0.3, -0.25) is 4.79 Å². The van der Waals surface area contributed by atoms with E-state index < -0.39 is 0 Å². The highest BCUT2D eigenvalue weighted by atomic mass is 35.5. The summed E-state index contributed by atoms with van der Waals surface area (Å²) in [5, 5.41) is 6.20. The van der Waals surface area contributed by atoms with Crippen molar-refractivity contribution in [2.45, 2.75) is 32.0 Å². The van der Waals surface area contributed by atoms with Gasteiger partial charge >= 0.3 is 0 Å². The normalized spacial score (nSPS) is 17.0. The van der Waals surface area contributed by atoms with Gasteiger partial charge in [0.15, 0.2) is 0 Å². The summed E-state index contributed by atoms with van der Waals surface area (Å²) in [4.78, 5) is 15.9. The number of halogens is 1. The van der Waals surface area contributed by atoms with Crippen molar-refractivity contribution in [3.63, 3.8) is 0 Å². The van der Waals surface area contributed by atoms with E-state index in [-0.39, 0.29) is 24.4 Å². The number of nitrogens with zero attached hydrogens (tertiary/aromatic N) is 2. The fraction of sp³-hybridized carbons (Fsp3) is 0.375. The molecule has 118 valence electrons. The molecule has 6 heteroatoms. The zero-order valence-corrected chi connectivity index (χ0v) is 13.2. The van der Waals surface area contributed by atoms with Gasteiger partial charge in [-0.05, 0) is 30.5 Å². The summed E-state index contributed by atoms with van der Waals surface area (Å²) < 4.78 is 2.03. The molecule has 2 heterocycles. The molecule has 1 aromatic heterocycles. The lowest BCUT2D eigenvalue weighted by Gasteiger charge is -2.11. The van der Waals surface area contributed by atoms with Crippen LogP contribution in [0.25, 0.3) is 0 Å². The van der Waals surface area contributed by atoms with E-state index in [4.69, 9.17) is 0 Å². The molecule has 1 saturated heterocycles. The van der Waals surface area contributed by atoms with E-state index in [1.807, 2.05) is 17.1 Å². The Balaban J connectivity index is 0.00000176. The van der Waals surface area contributed by atoms with Crippen LogP contribution < -0.4 is 10.6 Å². The molecule has 1 aromatic carbocycles. The van der Waals surface area contributed by atoms with Crippen LogP contribution in [0, 0.1) is 0 Å². The monoisotopic (exact) mass is 320 g/mol. The predicted molar refractivity (Wildman–Crippen MR) is 87.9 cm³/mol. The van der Waals surface area contributed by atoms with Gasteiger partial charge in [-0.2, -0.15) is 0 Å². The summed E-state index contributed by atoms with van der Waals surface area (Å²) in [5.41, 5.74) is 2.34. The molecule has 22 heavy (non-hydrogen) atoms. The number of amides is 1. The lowest BCUT2D eigenvalue weighted by atomic mass is 10.1. The first kappa shape index (κ1) is 16.5. The van der Waals surface area contributed by atoms with Crippen LogP contribution in [-0.2, 0) is 17.9 Å². The summed E-state index contributed by atoms with van der Waals surface area (Å²) in [7, 11) is 0. The lowest BCUT2D eigenvalue weighted by Crippen LogP contribution is -2.39. The van der Waals surface area contributed by atoms with Crippen molar-refractivity contribution in [1.29, 1.82) is 0 Å². The maximum absolute atomic E-state index is 11.9. The first-order valence-corrected chi connectivity index (χ1v) is 7.36. The van der Waals surface area contributed by atoms with Crippen molar-refractivity contribution >= 4 is 18.3 Å². The second-order valence-corrected chi connectivity index (χ2v) is 5.42. The van der Waals surface area contributed by atoms with Crippen LogP contribution in [-0.4, -0.2) is 28.0 Å². The molecule has 1 unspecified atom stereocenters. The van der Waals surface area contributed by atoms with Crippen molar-refractivity contribution in [1.82, 2.24) is 20.2 Å². The van der Waals surface area contributed by atoms with Crippen LogP contribution in [0.1, 0.15) is 24.0 Å². The highest BCUT2D eigenvalue weighted by Crippen LogP contribution is 2.08. The fourth-order valence-corrected chi connectivity index (χ4v) is 2.57. The number of aromatic nitrogens is 2. The van der Waals surface area contributed by atoms with Crippen LogP contribution in [0.5, 0.6) is 0 Å². The molecule has 5 nitrogen and oxygen atoms in total. The summed E-state index contributed by atoms with van der Waals surface area (Å²) in [6, 6.07) is 8.30. The Morgan fingerprint density at radius 1 is 1.32 bits per heavy atom. The molecule has 1 amide bonds. The van der Waals surface area contributed by atoms with Gasteiger partial charge in [0, 0.05) is 25.5 Å². The molecule has 3 rings (SSSR count). The lowest BCUT2D eigenvalue weighted by molar-refractivity contribution is -0.122. The maximum atomic E-state index is 11.9. The Kier molecular flexibility index (Phi) is 5.98. The van der Waals surface area contributed by atoms with Gasteiger partial charge < -0.3 is 15.2 Å². The van der Waals surface area contributed by atoms with Crippen LogP contribution in [0.15, 0.2) is 43.0 Å². The number of carbonyl (C=O) groups is 1. The predicted octanol–water partition coefficient (Wildman–Crippen LogP) is 1.72. The number of hydrogen-bond acceptors (Lipinski definition) is 3. The van der Waals surface area contributed by atoms with Crippen molar-refractivity contribution in [3.8, 4) is 0 Å². The highest BCUT2D eigenvalue weighted by molar-refractivity contribution is 5.85. The van der Waals surface area contributed by atoms with Crippen molar-refractivity contribution < 1.29 is 4.79 Å². The summed E-state index contributed by atoms with van der Waals surface area (Å²) >= 11 is 0. The summed E-state index contributed by atoms with van der Waals surface area (Å²) in [6.07, 6.45) is 7.56. The SMILES string of the molecule is Cl.O=C(NCc1ccc(Cn2ccnc2)cc1)C1CCCN1. The molecule has 1 atom stereocenters. The third-order valence-electron chi connectivity index (χ3n) is 3.79. The van der Waals surface area contributed by atoms with E-state index in [0.29, 0.717) is 6.54 Å². The van der Waals surface area contributed by atoms with Gasteiger partial charge in [-0.25, -0.2) is 4.98 Å². The van der Waals surface area contributed by atoms with Gasteiger partial charge in [0.1, 0.15) is 0 Å². The Hall–Kier alpha value is -1.85. The van der Waals surface area contributed by atoms with Crippen LogP contribution in [0.2, 0.25) is 0 Å². The number of carbonyl (C=O) groups excluding carboxylic acids is 1. The number of rotatable bonds is 5. The molecule has 2 aromatic rings. The average Bonchev–Trinajstić information content (AvgIpc) is 3.19. The Bertz CT molecular complexity index is 577. The smallest absolute Gasteiger partial charge is 0.237 e. The second-order valence-electron chi connectivity index (χ2n) is 5.42. The Labute approximate surface area is 136 Å². The first-order valence-electron chi connectivity index (χ1n) is 7.36. The molecule has 0 bridgehead atoms. The molecule has 0 spiro atoms. The van der Waals surface area contributed by atoms with Gasteiger partial charge in [-0.1, -0.05) is 24.3 Å². The van der Waals surface area contributed by atoms with E-state index in [1.54, 1.807) is 6.20 Å². The molecular formula is C16H21ClN4O. The minimum absolute atomic E-state index is 0. The minimum Gasteiger partial charge on any atom is -0.351 e. The molecule has 0 saturated carbocycles. The molecule has 1 aliphatic heterocycles. The van der Waals surface area contributed by atoms with E-state index in [2.05, 4.69) is 39.9 Å². The average molecular weight is 321 g/mol. The van der Waals surface area contributed by atoms with Gasteiger partial charge in [0.2, 0.25) is 5.91 Å². The number of nitrogens with one attached hydrogen (secondary N) is 2. The van der Waals surface area contributed by atoms with Crippen LogP contribution in [0.3, 0.4) is 0 Å². The molecule has 0 aliphatic carbocycles. The van der Waals surface area contributed by atoms with E-state index in [1.165, 1.54) is 5.56 Å². The molecule has 2 N–H and O–H groups in total. The van der Waals surface area contributed by atoms with Crippen molar-refractivity contribution in [2.24, 2.45) is 0 Å². The highest BCUT2D eigenvalue weighted by Gasteiger charge is 2.21. The van der Waals surface area contributed by atoms with Crippen molar-refractivity contribution in [3.05, 3.63) is 54.1 Å². The van der Waals surface area contributed by atoms with Gasteiger partial charge in [-0.15, -0.1) is 12.4 Å². The third kappa shape index (κ3) is 4.32. The van der Waals surface area contributed by atoms with E-state index in [9.17, 15) is 4.79 Å². The Morgan fingerprint density at radius 3 is 2.73 bits per heavy atom. The Morgan fingerprint density at radius 2 is 2.09 bits per heavy atom. The summed E-state index contributed by atoms with van der Waals surface area (Å²) in [5.74, 6) is 0.106.